The molecule has 7 heteroatoms. The summed E-state index contributed by atoms with van der Waals surface area (Å²) in [5.74, 6) is 0.659. The number of carbonyl (C=O) groups excluding carboxylic acids is 2. The summed E-state index contributed by atoms with van der Waals surface area (Å²) < 4.78 is 24.5. The summed E-state index contributed by atoms with van der Waals surface area (Å²) in [7, 11) is 0. The topological polar surface area (TPSA) is 75.7 Å². The number of furan rings is 2. The summed E-state index contributed by atoms with van der Waals surface area (Å²) >= 11 is 0. The highest BCUT2D eigenvalue weighted by atomic mass is 19.1. The summed E-state index contributed by atoms with van der Waals surface area (Å²) in [4.78, 5) is 26.4. The number of halogens is 1. The number of hydrogen-bond acceptors (Lipinski definition) is 4. The van der Waals surface area contributed by atoms with E-state index in [4.69, 9.17) is 8.83 Å². The monoisotopic (exact) mass is 410 g/mol. The van der Waals surface area contributed by atoms with Crippen molar-refractivity contribution < 1.29 is 22.8 Å². The molecule has 0 atom stereocenters. The number of hydrogen-bond donors (Lipinski definition) is 1. The van der Waals surface area contributed by atoms with Crippen molar-refractivity contribution in [2.45, 2.75) is 31.7 Å². The Morgan fingerprint density at radius 3 is 2.63 bits per heavy atom. The van der Waals surface area contributed by atoms with E-state index in [0.29, 0.717) is 61.4 Å². The zero-order valence-electron chi connectivity index (χ0n) is 16.5. The van der Waals surface area contributed by atoms with Crippen molar-refractivity contribution in [1.82, 2.24) is 10.2 Å². The van der Waals surface area contributed by atoms with Crippen molar-refractivity contribution in [3.63, 3.8) is 0 Å². The molecule has 3 heterocycles. The third kappa shape index (κ3) is 4.62. The first-order valence-electron chi connectivity index (χ1n) is 10.0. The fourth-order valence-corrected chi connectivity index (χ4v) is 3.65. The first-order valence-corrected chi connectivity index (χ1v) is 10.0. The van der Waals surface area contributed by atoms with E-state index in [1.807, 2.05) is 0 Å². The third-order valence-electron chi connectivity index (χ3n) is 5.31. The van der Waals surface area contributed by atoms with E-state index in [9.17, 15) is 14.0 Å². The summed E-state index contributed by atoms with van der Waals surface area (Å²) in [5.41, 5.74) is 0.954. The first kappa shape index (κ1) is 19.9. The van der Waals surface area contributed by atoms with E-state index in [1.165, 1.54) is 18.6 Å². The van der Waals surface area contributed by atoms with E-state index < -0.39 is 0 Å². The average molecular weight is 410 g/mol. The van der Waals surface area contributed by atoms with Gasteiger partial charge in [0.25, 0.3) is 5.91 Å². The highest BCUT2D eigenvalue weighted by molar-refractivity contribution is 5.93. The minimum atomic E-state index is -0.339. The van der Waals surface area contributed by atoms with Gasteiger partial charge in [0.1, 0.15) is 23.6 Å². The van der Waals surface area contributed by atoms with Crippen LogP contribution in [0.4, 0.5) is 4.39 Å². The molecule has 1 N–H and O–H groups in total. The second-order valence-electron chi connectivity index (χ2n) is 7.39. The number of piperidine rings is 1. The molecular formula is C23H23FN2O4. The number of nitrogens with one attached hydrogen (secondary N) is 1. The lowest BCUT2D eigenvalue weighted by Gasteiger charge is -2.32. The summed E-state index contributed by atoms with van der Waals surface area (Å²) in [6, 6.07) is 11.6. The molecule has 0 bridgehead atoms. The molecule has 2 aromatic heterocycles. The molecule has 0 radical (unpaired) electrons. The van der Waals surface area contributed by atoms with Crippen molar-refractivity contribution in [2.75, 3.05) is 13.1 Å². The Bertz CT molecular complexity index is 1000. The van der Waals surface area contributed by atoms with Crippen LogP contribution in [0, 0.1) is 5.82 Å². The molecule has 1 fully saturated rings. The normalized spacial score (nSPS) is 14.6. The summed E-state index contributed by atoms with van der Waals surface area (Å²) in [5, 5.41) is 3.03. The van der Waals surface area contributed by atoms with Gasteiger partial charge in [0.2, 0.25) is 5.91 Å². The van der Waals surface area contributed by atoms with Crippen LogP contribution >= 0.6 is 0 Å². The molecule has 156 valence electrons. The molecule has 1 aliphatic heterocycles. The highest BCUT2D eigenvalue weighted by Crippen LogP contribution is 2.25. The van der Waals surface area contributed by atoms with Crippen LogP contribution in [0.25, 0.3) is 11.3 Å². The van der Waals surface area contributed by atoms with Crippen LogP contribution in [0.2, 0.25) is 0 Å². The van der Waals surface area contributed by atoms with E-state index in [-0.39, 0.29) is 23.7 Å². The van der Waals surface area contributed by atoms with E-state index in [0.717, 1.165) is 0 Å². The average Bonchev–Trinajstić information content (AvgIpc) is 3.45. The number of carbonyl (C=O) groups is 2. The Hall–Kier alpha value is -3.35. The number of nitrogens with zero attached hydrogens (tertiary/aromatic N) is 1. The zero-order valence-corrected chi connectivity index (χ0v) is 16.5. The fraction of sp³-hybridized carbons (Fsp3) is 0.304. The van der Waals surface area contributed by atoms with Gasteiger partial charge in [0.15, 0.2) is 0 Å². The van der Waals surface area contributed by atoms with Crippen molar-refractivity contribution in [3.8, 4) is 11.3 Å². The summed E-state index contributed by atoms with van der Waals surface area (Å²) in [6.45, 7) is 1.19. The lowest BCUT2D eigenvalue weighted by Crippen LogP contribution is -2.46. The van der Waals surface area contributed by atoms with Gasteiger partial charge in [-0.15, -0.1) is 0 Å². The lowest BCUT2D eigenvalue weighted by molar-refractivity contribution is -0.122. The van der Waals surface area contributed by atoms with Gasteiger partial charge in [-0.3, -0.25) is 9.59 Å². The molecule has 1 aliphatic rings. The molecule has 0 saturated carbocycles. The Morgan fingerprint density at radius 2 is 1.90 bits per heavy atom. The van der Waals surface area contributed by atoms with Crippen molar-refractivity contribution in [1.29, 1.82) is 0 Å². The molecule has 30 heavy (non-hydrogen) atoms. The Balaban J connectivity index is 1.22. The molecule has 1 aromatic carbocycles. The van der Waals surface area contributed by atoms with Gasteiger partial charge in [-0.1, -0.05) is 12.1 Å². The molecule has 0 spiro atoms. The minimum absolute atomic E-state index is 0.0444. The maximum atomic E-state index is 13.9. The largest absolute Gasteiger partial charge is 0.472 e. The van der Waals surface area contributed by atoms with E-state index in [2.05, 4.69) is 5.32 Å². The van der Waals surface area contributed by atoms with Crippen LogP contribution in [0.1, 0.15) is 35.4 Å². The van der Waals surface area contributed by atoms with E-state index in [1.54, 1.807) is 41.3 Å². The molecular weight excluding hydrogens is 387 g/mol. The smallest absolute Gasteiger partial charge is 0.257 e. The predicted molar refractivity (Wildman–Crippen MR) is 108 cm³/mol. The van der Waals surface area contributed by atoms with Gasteiger partial charge < -0.3 is 19.1 Å². The van der Waals surface area contributed by atoms with Crippen LogP contribution < -0.4 is 5.32 Å². The second kappa shape index (κ2) is 8.98. The van der Waals surface area contributed by atoms with Crippen LogP contribution in [0.15, 0.2) is 63.8 Å². The molecule has 0 aliphatic carbocycles. The van der Waals surface area contributed by atoms with E-state index >= 15 is 0 Å². The number of rotatable bonds is 6. The van der Waals surface area contributed by atoms with Crippen molar-refractivity contribution in [3.05, 3.63) is 72.1 Å². The Morgan fingerprint density at radius 1 is 1.10 bits per heavy atom. The maximum Gasteiger partial charge on any atom is 0.257 e. The van der Waals surface area contributed by atoms with Gasteiger partial charge in [0, 0.05) is 32.0 Å². The van der Waals surface area contributed by atoms with Gasteiger partial charge >= 0.3 is 0 Å². The van der Waals surface area contributed by atoms with Crippen LogP contribution in [0.3, 0.4) is 0 Å². The Kier molecular flexibility index (Phi) is 5.97. The SMILES string of the molecule is O=C(CCc1ccc(-c2ccccc2F)o1)NC1CCN(C(=O)c2ccoc2)CC1. The molecule has 1 saturated heterocycles. The summed E-state index contributed by atoms with van der Waals surface area (Å²) in [6.07, 6.45) is 5.10. The Labute approximate surface area is 173 Å². The molecule has 6 nitrogen and oxygen atoms in total. The van der Waals surface area contributed by atoms with Gasteiger partial charge in [-0.2, -0.15) is 0 Å². The fourth-order valence-electron chi connectivity index (χ4n) is 3.65. The molecule has 4 rings (SSSR count). The first-order chi connectivity index (χ1) is 14.6. The number of aryl methyl sites for hydroxylation is 1. The zero-order chi connectivity index (χ0) is 20.9. The van der Waals surface area contributed by atoms with Gasteiger partial charge in [-0.05, 0) is 43.2 Å². The van der Waals surface area contributed by atoms with Crippen LogP contribution in [-0.4, -0.2) is 35.8 Å². The van der Waals surface area contributed by atoms with Crippen molar-refractivity contribution in [2.24, 2.45) is 0 Å². The standard InChI is InChI=1S/C23H23FN2O4/c24-20-4-2-1-3-19(20)21-7-5-18(30-21)6-8-22(27)25-17-9-12-26(13-10-17)23(28)16-11-14-29-15-16/h1-5,7,11,14-15,17H,6,8-10,12-13H2,(H,25,27). The quantitative estimate of drug-likeness (QED) is 0.666. The van der Waals surface area contributed by atoms with Gasteiger partial charge in [0.05, 0.1) is 17.4 Å². The molecule has 2 amide bonds. The maximum absolute atomic E-state index is 13.9. The lowest BCUT2D eigenvalue weighted by atomic mass is 10.0. The van der Waals surface area contributed by atoms with Crippen LogP contribution in [-0.2, 0) is 11.2 Å². The van der Waals surface area contributed by atoms with Crippen molar-refractivity contribution >= 4 is 11.8 Å². The number of benzene rings is 1. The molecule has 3 aromatic rings. The molecule has 0 unspecified atom stereocenters. The van der Waals surface area contributed by atoms with Gasteiger partial charge in [-0.25, -0.2) is 4.39 Å². The highest BCUT2D eigenvalue weighted by Gasteiger charge is 2.25. The van der Waals surface area contributed by atoms with Crippen LogP contribution in [0.5, 0.6) is 0 Å². The second-order valence-corrected chi connectivity index (χ2v) is 7.39. The minimum Gasteiger partial charge on any atom is -0.472 e. The third-order valence-corrected chi connectivity index (χ3v) is 5.31. The number of amides is 2. The predicted octanol–water partition coefficient (Wildman–Crippen LogP) is 4.03. The number of likely N-dealkylation sites (tertiary alicyclic amines) is 1.